The van der Waals surface area contributed by atoms with Crippen molar-refractivity contribution in [2.45, 2.75) is 50.9 Å². The van der Waals surface area contributed by atoms with E-state index in [0.29, 0.717) is 29.8 Å². The first-order chi connectivity index (χ1) is 15.8. The Kier molecular flexibility index (Phi) is 5.44. The first kappa shape index (κ1) is 21.6. The second-order valence-electron chi connectivity index (χ2n) is 9.06. The number of aryl methyl sites for hydroxylation is 2. The summed E-state index contributed by atoms with van der Waals surface area (Å²) in [6, 6.07) is 7.15. The van der Waals surface area contributed by atoms with Gasteiger partial charge in [-0.2, -0.15) is 0 Å². The topological polar surface area (TPSA) is 98.8 Å². The maximum Gasteiger partial charge on any atom is 0.261 e. The minimum absolute atomic E-state index is 0.188. The Labute approximate surface area is 195 Å². The number of benzene rings is 1. The SMILES string of the molecule is Cc1ccc(C)c(C(=O)N2CC[C@@H]3NC(=O)[C@H]4C[C@H](NC(=O)c5cccs5)CN4C(=O)[C@H]32)c1. The highest BCUT2D eigenvalue weighted by Crippen LogP contribution is 2.30. The Morgan fingerprint density at radius 1 is 1.18 bits per heavy atom. The summed E-state index contributed by atoms with van der Waals surface area (Å²) in [7, 11) is 0. The lowest BCUT2D eigenvalue weighted by Crippen LogP contribution is -2.52. The van der Waals surface area contributed by atoms with Gasteiger partial charge in [-0.3, -0.25) is 19.2 Å². The molecule has 0 bridgehead atoms. The van der Waals surface area contributed by atoms with Gasteiger partial charge in [0, 0.05) is 24.7 Å². The Morgan fingerprint density at radius 3 is 2.76 bits per heavy atom. The lowest BCUT2D eigenvalue weighted by atomic mass is 10.0. The fourth-order valence-corrected chi connectivity index (χ4v) is 5.77. The maximum atomic E-state index is 13.6. The van der Waals surface area contributed by atoms with Gasteiger partial charge in [-0.1, -0.05) is 23.8 Å². The fraction of sp³-hybridized carbons (Fsp3) is 0.417. The van der Waals surface area contributed by atoms with E-state index in [-0.39, 0.29) is 36.2 Å². The lowest BCUT2D eigenvalue weighted by Gasteiger charge is -2.29. The number of likely N-dealkylation sites (tertiary alicyclic amines) is 1. The fourth-order valence-electron chi connectivity index (χ4n) is 5.14. The molecule has 8 nitrogen and oxygen atoms in total. The highest BCUT2D eigenvalue weighted by molar-refractivity contribution is 7.12. The average Bonchev–Trinajstić information content (AvgIpc) is 3.53. The first-order valence-corrected chi connectivity index (χ1v) is 12.0. The van der Waals surface area contributed by atoms with Crippen LogP contribution in [-0.2, 0) is 9.59 Å². The van der Waals surface area contributed by atoms with E-state index in [2.05, 4.69) is 10.6 Å². The molecular formula is C24H26N4O4S. The van der Waals surface area contributed by atoms with E-state index < -0.39 is 18.1 Å². The Bertz CT molecular complexity index is 1130. The molecule has 0 aliphatic carbocycles. The van der Waals surface area contributed by atoms with Crippen molar-refractivity contribution >= 4 is 35.0 Å². The number of nitrogens with zero attached hydrogens (tertiary/aromatic N) is 2. The molecule has 3 fully saturated rings. The Balaban J connectivity index is 1.37. The van der Waals surface area contributed by atoms with Crippen molar-refractivity contribution in [1.82, 2.24) is 20.4 Å². The Morgan fingerprint density at radius 2 is 2.00 bits per heavy atom. The molecule has 3 saturated heterocycles. The van der Waals surface area contributed by atoms with Crippen molar-refractivity contribution in [3.63, 3.8) is 0 Å². The molecule has 0 saturated carbocycles. The van der Waals surface area contributed by atoms with Crippen molar-refractivity contribution < 1.29 is 19.2 Å². The predicted octanol–water partition coefficient (Wildman–Crippen LogP) is 1.48. The Hall–Kier alpha value is -3.20. The van der Waals surface area contributed by atoms with Crippen LogP contribution in [0.1, 0.15) is 44.0 Å². The van der Waals surface area contributed by atoms with Crippen LogP contribution in [0.3, 0.4) is 0 Å². The van der Waals surface area contributed by atoms with E-state index in [4.69, 9.17) is 0 Å². The number of nitrogens with one attached hydrogen (secondary N) is 2. The van der Waals surface area contributed by atoms with E-state index >= 15 is 0 Å². The standard InChI is InChI=1S/C24H26N4O4S/c1-13-5-6-14(2)16(10-13)23(31)27-8-7-17-20(27)24(32)28-12-15(11-18(28)21(29)26-17)25-22(30)19-4-3-9-33-19/h3-6,9-10,15,17-18,20H,7-8,11-12H2,1-2H3,(H,25,30)(H,26,29)/t15-,17-,18+,20-/m0/s1. The van der Waals surface area contributed by atoms with Crippen molar-refractivity contribution in [2.75, 3.05) is 13.1 Å². The summed E-state index contributed by atoms with van der Waals surface area (Å²) in [5, 5.41) is 7.78. The molecule has 0 radical (unpaired) electrons. The van der Waals surface area contributed by atoms with Gasteiger partial charge in [0.15, 0.2) is 0 Å². The highest BCUT2D eigenvalue weighted by atomic mass is 32.1. The number of carbonyl (C=O) groups is 4. The molecule has 172 valence electrons. The quantitative estimate of drug-likeness (QED) is 0.716. The summed E-state index contributed by atoms with van der Waals surface area (Å²) < 4.78 is 0. The summed E-state index contributed by atoms with van der Waals surface area (Å²) in [6.07, 6.45) is 0.900. The van der Waals surface area contributed by atoms with Gasteiger partial charge >= 0.3 is 0 Å². The van der Waals surface area contributed by atoms with Gasteiger partial charge < -0.3 is 20.4 Å². The molecule has 4 atom stereocenters. The third-order valence-electron chi connectivity index (χ3n) is 6.83. The summed E-state index contributed by atoms with van der Waals surface area (Å²) in [5.74, 6) is -0.838. The van der Waals surface area contributed by atoms with Crippen LogP contribution < -0.4 is 10.6 Å². The molecule has 4 amide bonds. The molecule has 1 aromatic carbocycles. The van der Waals surface area contributed by atoms with Gasteiger partial charge in [-0.05, 0) is 49.8 Å². The van der Waals surface area contributed by atoms with Crippen LogP contribution in [0.5, 0.6) is 0 Å². The minimum atomic E-state index is -0.738. The molecule has 1 aromatic heterocycles. The van der Waals surface area contributed by atoms with E-state index in [1.54, 1.807) is 21.9 Å². The average molecular weight is 467 g/mol. The van der Waals surface area contributed by atoms with E-state index in [9.17, 15) is 19.2 Å². The van der Waals surface area contributed by atoms with Gasteiger partial charge in [0.2, 0.25) is 11.8 Å². The number of rotatable bonds is 3. The monoisotopic (exact) mass is 466 g/mol. The number of carbonyl (C=O) groups excluding carboxylic acids is 4. The number of thiophene rings is 1. The summed E-state index contributed by atoms with van der Waals surface area (Å²) >= 11 is 1.34. The van der Waals surface area contributed by atoms with Crippen LogP contribution >= 0.6 is 11.3 Å². The molecule has 5 rings (SSSR count). The van der Waals surface area contributed by atoms with Crippen LogP contribution in [0.2, 0.25) is 0 Å². The van der Waals surface area contributed by atoms with Gasteiger partial charge in [-0.25, -0.2) is 0 Å². The van der Waals surface area contributed by atoms with Gasteiger partial charge in [0.05, 0.1) is 10.9 Å². The lowest BCUT2D eigenvalue weighted by molar-refractivity contribution is -0.138. The molecule has 3 aliphatic heterocycles. The molecule has 2 N–H and O–H groups in total. The van der Waals surface area contributed by atoms with Gasteiger partial charge in [0.1, 0.15) is 12.1 Å². The largest absolute Gasteiger partial charge is 0.349 e. The van der Waals surface area contributed by atoms with Crippen LogP contribution in [0, 0.1) is 13.8 Å². The molecule has 0 unspecified atom stereocenters. The third-order valence-corrected chi connectivity index (χ3v) is 7.70. The molecule has 4 heterocycles. The highest BCUT2D eigenvalue weighted by Gasteiger charge is 2.52. The third kappa shape index (κ3) is 3.80. The molecule has 9 heteroatoms. The zero-order valence-electron chi connectivity index (χ0n) is 18.5. The smallest absolute Gasteiger partial charge is 0.261 e. The summed E-state index contributed by atoms with van der Waals surface area (Å²) in [5.41, 5.74) is 2.41. The van der Waals surface area contributed by atoms with E-state index in [1.807, 2.05) is 37.4 Å². The summed E-state index contributed by atoms with van der Waals surface area (Å²) in [6.45, 7) is 4.47. The van der Waals surface area contributed by atoms with Crippen LogP contribution in [0.25, 0.3) is 0 Å². The molecule has 2 aromatic rings. The van der Waals surface area contributed by atoms with Gasteiger partial charge in [0.25, 0.3) is 11.8 Å². The van der Waals surface area contributed by atoms with Crippen molar-refractivity contribution in [3.8, 4) is 0 Å². The maximum absolute atomic E-state index is 13.6. The van der Waals surface area contributed by atoms with Crippen molar-refractivity contribution in [3.05, 3.63) is 57.3 Å². The second-order valence-corrected chi connectivity index (χ2v) is 10.0. The molecular weight excluding hydrogens is 440 g/mol. The van der Waals surface area contributed by atoms with Crippen molar-refractivity contribution in [2.24, 2.45) is 0 Å². The normalized spacial score (nSPS) is 26.5. The predicted molar refractivity (Wildman–Crippen MR) is 123 cm³/mol. The zero-order chi connectivity index (χ0) is 23.3. The number of fused-ring (bicyclic) bond motifs is 2. The second kappa shape index (κ2) is 8.30. The first-order valence-electron chi connectivity index (χ1n) is 11.2. The van der Waals surface area contributed by atoms with Crippen LogP contribution in [0.15, 0.2) is 35.7 Å². The van der Waals surface area contributed by atoms with E-state index in [1.165, 1.54) is 11.3 Å². The summed E-state index contributed by atoms with van der Waals surface area (Å²) in [4.78, 5) is 56.3. The molecule has 0 spiro atoms. The zero-order valence-corrected chi connectivity index (χ0v) is 19.4. The number of hydrogen-bond acceptors (Lipinski definition) is 5. The van der Waals surface area contributed by atoms with Crippen molar-refractivity contribution in [1.29, 1.82) is 0 Å². The van der Waals surface area contributed by atoms with E-state index in [0.717, 1.165) is 11.1 Å². The molecule has 3 aliphatic rings. The van der Waals surface area contributed by atoms with Gasteiger partial charge in [-0.15, -0.1) is 11.3 Å². The number of hydrogen-bond donors (Lipinski definition) is 2. The minimum Gasteiger partial charge on any atom is -0.349 e. The molecule has 33 heavy (non-hydrogen) atoms. The number of amides is 4. The van der Waals surface area contributed by atoms with Crippen LogP contribution in [-0.4, -0.2) is 70.7 Å². The van der Waals surface area contributed by atoms with Crippen LogP contribution in [0.4, 0.5) is 0 Å².